The monoisotopic (exact) mass is 633 g/mol. The molecule has 0 unspecified atom stereocenters. The molecule has 2 aromatic rings. The molecule has 16 heteroatoms. The first kappa shape index (κ1) is 32.5. The van der Waals surface area contributed by atoms with E-state index in [1.54, 1.807) is 23.0 Å². The summed E-state index contributed by atoms with van der Waals surface area (Å²) < 4.78 is 53.3. The number of nitrogens with one attached hydrogen (secondary N) is 1. The predicted octanol–water partition coefficient (Wildman–Crippen LogP) is 1.14. The number of aliphatic hydroxyl groups is 1. The molecule has 2 saturated heterocycles. The number of carbonyl (C=O) groups is 3. The summed E-state index contributed by atoms with van der Waals surface area (Å²) in [5.74, 6) is -2.85. The number of aromatic amines is 1. The highest BCUT2D eigenvalue weighted by atomic mass is 35.5. The molecule has 0 spiro atoms. The number of piperidine rings is 2. The minimum Gasteiger partial charge on any atom is -0.542 e. The van der Waals surface area contributed by atoms with E-state index >= 15 is 0 Å². The van der Waals surface area contributed by atoms with Gasteiger partial charge in [0.15, 0.2) is 16.9 Å². The topological polar surface area (TPSA) is 142 Å². The summed E-state index contributed by atoms with van der Waals surface area (Å²) in [7, 11) is 0. The summed E-state index contributed by atoms with van der Waals surface area (Å²) in [5, 5.41) is 23.5. The highest BCUT2D eigenvalue weighted by Gasteiger charge is 2.36. The van der Waals surface area contributed by atoms with Crippen molar-refractivity contribution >= 4 is 29.4 Å². The van der Waals surface area contributed by atoms with Gasteiger partial charge in [-0.05, 0) is 38.7 Å². The number of ether oxygens (including phenoxy) is 1. The van der Waals surface area contributed by atoms with Crippen molar-refractivity contribution in [1.29, 1.82) is 0 Å². The van der Waals surface area contributed by atoms with Crippen molar-refractivity contribution in [3.8, 4) is 5.88 Å². The second kappa shape index (κ2) is 13.5. The summed E-state index contributed by atoms with van der Waals surface area (Å²) in [4.78, 5) is 41.5. The summed E-state index contributed by atoms with van der Waals surface area (Å²) in [6, 6.07) is 3.55. The molecule has 2 amide bonds. The average Bonchev–Trinajstić information content (AvgIpc) is 3.55. The molecule has 43 heavy (non-hydrogen) atoms. The van der Waals surface area contributed by atoms with Crippen LogP contribution in [0, 0.1) is 0 Å². The van der Waals surface area contributed by atoms with Crippen molar-refractivity contribution in [2.75, 3.05) is 19.6 Å². The van der Waals surface area contributed by atoms with Gasteiger partial charge in [0.1, 0.15) is 24.8 Å². The molecular formula is C27H32ClF4N5O6. The maximum Gasteiger partial charge on any atom is 0.430 e. The summed E-state index contributed by atoms with van der Waals surface area (Å²) in [6.45, 7) is 2.78. The number of likely N-dealkylation sites (tertiary alicyclic amines) is 2. The second-order valence-electron chi connectivity index (χ2n) is 10.7. The van der Waals surface area contributed by atoms with Crippen molar-refractivity contribution < 1.29 is 51.9 Å². The average molecular weight is 634 g/mol. The Kier molecular flexibility index (Phi) is 10.2. The molecule has 0 bridgehead atoms. The van der Waals surface area contributed by atoms with E-state index < -0.39 is 24.4 Å². The third kappa shape index (κ3) is 7.74. The van der Waals surface area contributed by atoms with Gasteiger partial charge in [-0.3, -0.25) is 14.3 Å². The molecule has 2 N–H and O–H groups in total. The van der Waals surface area contributed by atoms with Gasteiger partial charge < -0.3 is 29.5 Å². The molecule has 4 heterocycles. The molecule has 11 nitrogen and oxygen atoms in total. The van der Waals surface area contributed by atoms with Crippen LogP contribution in [0.1, 0.15) is 54.4 Å². The predicted molar refractivity (Wildman–Crippen MR) is 140 cm³/mol. The van der Waals surface area contributed by atoms with E-state index in [1.807, 2.05) is 11.8 Å². The fourth-order valence-corrected chi connectivity index (χ4v) is 5.69. The summed E-state index contributed by atoms with van der Waals surface area (Å²) in [5.41, 5.74) is 2.10. The minimum atomic E-state index is -5.19. The Morgan fingerprint density at radius 2 is 1.95 bits per heavy atom. The Hall–Kier alpha value is -3.46. The van der Waals surface area contributed by atoms with Gasteiger partial charge in [-0.15, -0.1) is 0 Å². The molecule has 4 atom stereocenters. The first-order chi connectivity index (χ1) is 20.3. The molecule has 236 valence electrons. The zero-order valence-electron chi connectivity index (χ0n) is 23.3. The number of carboxylic acid groups (broad SMARTS) is 1. The Morgan fingerprint density at radius 1 is 1.23 bits per heavy atom. The minimum absolute atomic E-state index is 0.0234. The lowest BCUT2D eigenvalue weighted by atomic mass is 10.0. The van der Waals surface area contributed by atoms with Crippen molar-refractivity contribution in [2.24, 2.45) is 0 Å². The standard InChI is InChI=1S/C25H31ClFN5O4.C2HF3O2/c1-15-12-16(36-24-18(26)5-3-9-28-24)7-11-31(15)22(34)14-32-20-6-2-4-17(20)23(29-32)25(35)30-10-8-21(33)19(27)13-30;3-2(4,5)1(6)7/h3,5,9,15-16,19,21,33H,2,4,6-8,10-14H2,1H3;(H,6,7)/t15-,16+,19-,21+;/m0./s1. The number of alkyl halides is 4. The van der Waals surface area contributed by atoms with Gasteiger partial charge in [0.2, 0.25) is 5.91 Å². The molecular weight excluding hydrogens is 602 g/mol. The third-order valence-corrected chi connectivity index (χ3v) is 8.02. The largest absolute Gasteiger partial charge is 0.542 e. The number of carboxylic acids is 1. The van der Waals surface area contributed by atoms with Gasteiger partial charge in [-0.25, -0.2) is 4.39 Å². The van der Waals surface area contributed by atoms with E-state index in [2.05, 4.69) is 10.1 Å². The second-order valence-corrected chi connectivity index (χ2v) is 11.1. The number of amides is 2. The smallest absolute Gasteiger partial charge is 0.430 e. The van der Waals surface area contributed by atoms with E-state index in [0.29, 0.717) is 42.5 Å². The van der Waals surface area contributed by atoms with Crippen molar-refractivity contribution in [1.82, 2.24) is 19.6 Å². The van der Waals surface area contributed by atoms with E-state index in [-0.39, 0.29) is 43.5 Å². The number of nitrogens with zero attached hydrogens (tertiary/aromatic N) is 4. The lowest BCUT2D eigenvalue weighted by molar-refractivity contribution is -0.397. The molecule has 2 aliphatic heterocycles. The Balaban J connectivity index is 0.000000541. The quantitative estimate of drug-likeness (QED) is 0.487. The van der Waals surface area contributed by atoms with Crippen molar-refractivity contribution in [3.05, 3.63) is 40.3 Å². The normalized spacial score (nSPS) is 23.7. The zero-order valence-corrected chi connectivity index (χ0v) is 24.0. The maximum absolute atomic E-state index is 14.0. The number of aromatic nitrogens is 3. The molecule has 0 radical (unpaired) electrons. The number of H-pyrrole nitrogens is 1. The molecule has 5 rings (SSSR count). The van der Waals surface area contributed by atoms with Gasteiger partial charge in [0.25, 0.3) is 5.91 Å². The van der Waals surface area contributed by atoms with Crippen molar-refractivity contribution in [3.63, 3.8) is 0 Å². The van der Waals surface area contributed by atoms with E-state index in [1.165, 1.54) is 4.90 Å². The van der Waals surface area contributed by atoms with Crippen LogP contribution in [-0.4, -0.2) is 92.7 Å². The Bertz CT molecular complexity index is 1340. The first-order valence-corrected chi connectivity index (χ1v) is 14.2. The van der Waals surface area contributed by atoms with Crippen LogP contribution < -0.4 is 14.8 Å². The lowest BCUT2D eigenvalue weighted by Gasteiger charge is -2.37. The Labute approximate surface area is 249 Å². The number of hydrogen-bond acceptors (Lipinski definition) is 7. The van der Waals surface area contributed by atoms with Gasteiger partial charge in [-0.2, -0.15) is 23.3 Å². The lowest BCUT2D eigenvalue weighted by Crippen LogP contribution is -2.49. The van der Waals surface area contributed by atoms with Crippen LogP contribution in [0.2, 0.25) is 5.02 Å². The molecule has 0 saturated carbocycles. The van der Waals surface area contributed by atoms with Crippen LogP contribution in [-0.2, 0) is 29.0 Å². The number of hydrogen-bond donors (Lipinski definition) is 1. The van der Waals surface area contributed by atoms with Crippen LogP contribution in [0.4, 0.5) is 17.6 Å². The van der Waals surface area contributed by atoms with E-state index in [0.717, 1.165) is 30.5 Å². The fourth-order valence-electron chi connectivity index (χ4n) is 5.52. The van der Waals surface area contributed by atoms with Crippen LogP contribution in [0.15, 0.2) is 18.3 Å². The maximum atomic E-state index is 14.0. The van der Waals surface area contributed by atoms with Gasteiger partial charge in [0, 0.05) is 49.3 Å². The summed E-state index contributed by atoms with van der Waals surface area (Å²) >= 11 is 6.20. The number of aliphatic hydroxyl groups excluding tert-OH is 1. The molecule has 0 aromatic carbocycles. The van der Waals surface area contributed by atoms with E-state index in [4.69, 9.17) is 26.2 Å². The number of rotatable bonds is 5. The van der Waals surface area contributed by atoms with Gasteiger partial charge >= 0.3 is 12.1 Å². The van der Waals surface area contributed by atoms with Crippen LogP contribution in [0.3, 0.4) is 0 Å². The molecule has 2 aromatic heterocycles. The number of fused-ring (bicyclic) bond motifs is 1. The summed E-state index contributed by atoms with van der Waals surface area (Å²) in [6.07, 6.45) is -2.04. The number of halogens is 5. The number of carbonyl (C=O) groups excluding carboxylic acids is 3. The number of aliphatic carboxylic acids is 1. The van der Waals surface area contributed by atoms with Crippen LogP contribution in [0.5, 0.6) is 5.88 Å². The fraction of sp³-hybridized carbons (Fsp3) is 0.593. The molecule has 2 fully saturated rings. The molecule has 1 aliphatic carbocycles. The van der Waals surface area contributed by atoms with Crippen LogP contribution in [0.25, 0.3) is 0 Å². The van der Waals surface area contributed by atoms with Crippen LogP contribution >= 0.6 is 11.6 Å². The Morgan fingerprint density at radius 3 is 2.58 bits per heavy atom. The highest BCUT2D eigenvalue weighted by molar-refractivity contribution is 6.31. The SMILES string of the molecule is C[C@H]1C[C@H](Oc2[nH+]cccc2Cl)CCN1C(=O)Cn1nc(C(=O)N2CC[C@@H](O)[C@@H](F)C2)c2c1CCC2.O=C([O-])C(F)(F)F. The van der Waals surface area contributed by atoms with E-state index in [9.17, 15) is 32.3 Å². The first-order valence-electron chi connectivity index (χ1n) is 13.9. The number of pyridine rings is 1. The van der Waals surface area contributed by atoms with Gasteiger partial charge in [-0.1, -0.05) is 11.6 Å². The van der Waals surface area contributed by atoms with Gasteiger partial charge in [0.05, 0.1) is 12.6 Å². The highest BCUT2D eigenvalue weighted by Crippen LogP contribution is 2.29. The van der Waals surface area contributed by atoms with Crippen molar-refractivity contribution in [2.45, 2.75) is 82.6 Å². The molecule has 3 aliphatic rings. The third-order valence-electron chi connectivity index (χ3n) is 7.72. The zero-order chi connectivity index (χ0) is 31.5.